The Kier molecular flexibility index (Phi) is 12.2. The molecule has 0 fully saturated rings. The fourth-order valence-electron chi connectivity index (χ4n) is 2.11. The van der Waals surface area contributed by atoms with Crippen molar-refractivity contribution in [3.8, 4) is 0 Å². The van der Waals surface area contributed by atoms with E-state index in [1.807, 2.05) is 37.3 Å². The van der Waals surface area contributed by atoms with Crippen molar-refractivity contribution in [1.82, 2.24) is 16.0 Å². The van der Waals surface area contributed by atoms with Gasteiger partial charge in [0, 0.05) is 25.9 Å². The Morgan fingerprint density at radius 2 is 1.85 bits per heavy atom. The minimum Gasteiger partial charge on any atom is -0.354 e. The van der Waals surface area contributed by atoms with E-state index in [0.717, 1.165) is 6.42 Å². The summed E-state index contributed by atoms with van der Waals surface area (Å²) in [6.45, 7) is 2.55. The molecule has 1 atom stereocenters. The number of hydrogen-bond donors (Lipinski definition) is 3. The van der Waals surface area contributed by atoms with Gasteiger partial charge in [-0.15, -0.1) is 24.0 Å². The maximum Gasteiger partial charge on any atom is 0.239 e. The van der Waals surface area contributed by atoms with E-state index in [2.05, 4.69) is 20.9 Å². The second-order valence-electron chi connectivity index (χ2n) is 5.98. The topological polar surface area (TPSA) is 99.7 Å². The van der Waals surface area contributed by atoms with E-state index in [1.165, 1.54) is 11.8 Å². The zero-order chi connectivity index (χ0) is 18.7. The molecule has 0 spiro atoms. The molecule has 0 aliphatic rings. The highest BCUT2D eigenvalue weighted by atomic mass is 127. The van der Waals surface area contributed by atoms with Gasteiger partial charge in [0.1, 0.15) is 9.84 Å². The van der Waals surface area contributed by atoms with E-state index in [4.69, 9.17) is 0 Å². The molecule has 0 heterocycles. The van der Waals surface area contributed by atoms with Gasteiger partial charge < -0.3 is 16.0 Å². The van der Waals surface area contributed by atoms with E-state index >= 15 is 0 Å². The molecule has 0 radical (unpaired) electrons. The van der Waals surface area contributed by atoms with Gasteiger partial charge in [-0.2, -0.15) is 0 Å². The lowest BCUT2D eigenvalue weighted by atomic mass is 10.1. The lowest BCUT2D eigenvalue weighted by Gasteiger charge is -2.17. The molecule has 0 saturated heterocycles. The van der Waals surface area contributed by atoms with Crippen molar-refractivity contribution in [2.75, 3.05) is 32.1 Å². The van der Waals surface area contributed by atoms with Gasteiger partial charge in [-0.3, -0.25) is 9.79 Å². The summed E-state index contributed by atoms with van der Waals surface area (Å²) in [6.07, 6.45) is 2.47. The van der Waals surface area contributed by atoms with Crippen LogP contribution in [0.5, 0.6) is 0 Å². The molecule has 7 nitrogen and oxygen atoms in total. The molecule has 3 N–H and O–H groups in total. The second kappa shape index (κ2) is 12.9. The van der Waals surface area contributed by atoms with Crippen molar-refractivity contribution >= 4 is 45.7 Å². The molecule has 1 amide bonds. The minimum atomic E-state index is -2.99. The van der Waals surface area contributed by atoms with Gasteiger partial charge in [0.2, 0.25) is 5.91 Å². The average Bonchev–Trinajstić information content (AvgIpc) is 2.57. The van der Waals surface area contributed by atoms with Crippen LogP contribution in [0.25, 0.3) is 0 Å². The smallest absolute Gasteiger partial charge is 0.239 e. The standard InChI is InChI=1S/C17H28N4O3S.HI/c1-14(10-12-25(3,23)24)21-17(18-2)20-13-16(22)19-11-9-15-7-5-4-6-8-15;/h4-8,14H,9-13H2,1-3H3,(H,19,22)(H2,18,20,21);1H. The zero-order valence-corrected chi connectivity index (χ0v) is 18.6. The Hall–Kier alpha value is -1.36. The first-order chi connectivity index (χ1) is 11.8. The van der Waals surface area contributed by atoms with E-state index < -0.39 is 9.84 Å². The number of guanidine groups is 1. The third-order valence-corrected chi connectivity index (χ3v) is 4.50. The van der Waals surface area contributed by atoms with Crippen molar-refractivity contribution in [1.29, 1.82) is 0 Å². The number of sulfone groups is 1. The Morgan fingerprint density at radius 3 is 2.42 bits per heavy atom. The SMILES string of the molecule is CN=C(NCC(=O)NCCc1ccccc1)NC(C)CCS(C)(=O)=O.I. The summed E-state index contributed by atoms with van der Waals surface area (Å²) in [7, 11) is -1.38. The highest BCUT2D eigenvalue weighted by Gasteiger charge is 2.10. The van der Waals surface area contributed by atoms with Crippen LogP contribution < -0.4 is 16.0 Å². The van der Waals surface area contributed by atoms with E-state index in [0.29, 0.717) is 18.9 Å². The predicted molar refractivity (Wildman–Crippen MR) is 117 cm³/mol. The highest BCUT2D eigenvalue weighted by molar-refractivity contribution is 14.0. The molecule has 1 unspecified atom stereocenters. The first-order valence-corrected chi connectivity index (χ1v) is 10.3. The summed E-state index contributed by atoms with van der Waals surface area (Å²) in [5, 5.41) is 8.84. The van der Waals surface area contributed by atoms with Gasteiger partial charge in [0.05, 0.1) is 12.3 Å². The Labute approximate surface area is 173 Å². The number of halogens is 1. The maximum atomic E-state index is 11.9. The zero-order valence-electron chi connectivity index (χ0n) is 15.5. The van der Waals surface area contributed by atoms with Crippen LogP contribution in [-0.4, -0.2) is 58.5 Å². The van der Waals surface area contributed by atoms with Crippen LogP contribution >= 0.6 is 24.0 Å². The van der Waals surface area contributed by atoms with Crippen molar-refractivity contribution in [2.24, 2.45) is 4.99 Å². The number of nitrogens with one attached hydrogen (secondary N) is 3. The summed E-state index contributed by atoms with van der Waals surface area (Å²) in [5.74, 6) is 0.458. The van der Waals surface area contributed by atoms with E-state index in [1.54, 1.807) is 7.05 Å². The van der Waals surface area contributed by atoms with Crippen LogP contribution in [0.4, 0.5) is 0 Å². The largest absolute Gasteiger partial charge is 0.354 e. The molecule has 1 aromatic carbocycles. The molecule has 1 aromatic rings. The van der Waals surface area contributed by atoms with Crippen molar-refractivity contribution in [2.45, 2.75) is 25.8 Å². The quantitative estimate of drug-likeness (QED) is 0.269. The number of carbonyl (C=O) groups is 1. The molecule has 0 saturated carbocycles. The molecule has 26 heavy (non-hydrogen) atoms. The number of nitrogens with zero attached hydrogens (tertiary/aromatic N) is 1. The molecule has 148 valence electrons. The molecule has 9 heteroatoms. The molecule has 0 bridgehead atoms. The van der Waals surface area contributed by atoms with E-state index in [9.17, 15) is 13.2 Å². The van der Waals surface area contributed by atoms with Gasteiger partial charge in [-0.1, -0.05) is 30.3 Å². The van der Waals surface area contributed by atoms with Crippen molar-refractivity contribution in [3.05, 3.63) is 35.9 Å². The number of hydrogen-bond acceptors (Lipinski definition) is 4. The molecular formula is C17H29IN4O3S. The first-order valence-electron chi connectivity index (χ1n) is 8.25. The van der Waals surface area contributed by atoms with E-state index in [-0.39, 0.29) is 48.2 Å². The van der Waals surface area contributed by atoms with Gasteiger partial charge >= 0.3 is 0 Å². The van der Waals surface area contributed by atoms with Crippen LogP contribution in [0.3, 0.4) is 0 Å². The Morgan fingerprint density at radius 1 is 1.19 bits per heavy atom. The fourth-order valence-corrected chi connectivity index (χ4v) is 2.89. The lowest BCUT2D eigenvalue weighted by molar-refractivity contribution is -0.119. The molecular weight excluding hydrogens is 467 g/mol. The maximum absolute atomic E-state index is 11.9. The van der Waals surface area contributed by atoms with Crippen LogP contribution in [0, 0.1) is 0 Å². The molecule has 0 aliphatic heterocycles. The van der Waals surface area contributed by atoms with Crippen molar-refractivity contribution < 1.29 is 13.2 Å². The lowest BCUT2D eigenvalue weighted by Crippen LogP contribution is -2.46. The summed E-state index contributed by atoms with van der Waals surface area (Å²) >= 11 is 0. The summed E-state index contributed by atoms with van der Waals surface area (Å²) in [4.78, 5) is 15.9. The molecule has 0 aromatic heterocycles. The van der Waals surface area contributed by atoms with Crippen LogP contribution in [0.15, 0.2) is 35.3 Å². The summed E-state index contributed by atoms with van der Waals surface area (Å²) in [6, 6.07) is 9.88. The number of amides is 1. The predicted octanol–water partition coefficient (Wildman–Crippen LogP) is 0.952. The third kappa shape index (κ3) is 12.1. The van der Waals surface area contributed by atoms with Crippen LogP contribution in [0.2, 0.25) is 0 Å². The Balaban J connectivity index is 0.00000625. The van der Waals surface area contributed by atoms with Crippen LogP contribution in [0.1, 0.15) is 18.9 Å². The number of rotatable bonds is 9. The first kappa shape index (κ1) is 24.6. The van der Waals surface area contributed by atoms with Gasteiger partial charge in [-0.25, -0.2) is 8.42 Å². The van der Waals surface area contributed by atoms with Gasteiger partial charge in [0.25, 0.3) is 0 Å². The number of carbonyl (C=O) groups excluding carboxylic acids is 1. The van der Waals surface area contributed by atoms with Crippen LogP contribution in [-0.2, 0) is 21.1 Å². The number of benzene rings is 1. The highest BCUT2D eigenvalue weighted by Crippen LogP contribution is 1.98. The summed E-state index contributed by atoms with van der Waals surface area (Å²) < 4.78 is 22.4. The van der Waals surface area contributed by atoms with Gasteiger partial charge in [-0.05, 0) is 25.3 Å². The third-order valence-electron chi connectivity index (χ3n) is 3.52. The average molecular weight is 496 g/mol. The normalized spacial score (nSPS) is 12.7. The van der Waals surface area contributed by atoms with Gasteiger partial charge in [0.15, 0.2) is 5.96 Å². The Bertz CT molecular complexity index is 666. The van der Waals surface area contributed by atoms with Crippen molar-refractivity contribution in [3.63, 3.8) is 0 Å². The molecule has 1 rings (SSSR count). The molecule has 0 aliphatic carbocycles. The fraction of sp³-hybridized carbons (Fsp3) is 0.529. The monoisotopic (exact) mass is 496 g/mol. The summed E-state index contributed by atoms with van der Waals surface area (Å²) in [5.41, 5.74) is 1.17. The second-order valence-corrected chi connectivity index (χ2v) is 8.24. The number of aliphatic imine (C=N–C) groups is 1. The minimum absolute atomic E-state index is 0.